The van der Waals surface area contributed by atoms with Crippen molar-refractivity contribution in [1.82, 2.24) is 9.88 Å². The van der Waals surface area contributed by atoms with Crippen LogP contribution in [0.2, 0.25) is 5.02 Å². The second-order valence-corrected chi connectivity index (χ2v) is 9.45. The third kappa shape index (κ3) is 3.76. The number of carboxylic acids is 1. The lowest BCUT2D eigenvalue weighted by Crippen LogP contribution is -2.35. The van der Waals surface area contributed by atoms with Gasteiger partial charge in [-0.25, -0.2) is 4.79 Å². The minimum absolute atomic E-state index is 0.172. The first-order valence-electron chi connectivity index (χ1n) is 11.3. The normalized spacial score (nSPS) is 14.3. The first kappa shape index (κ1) is 21.5. The molecule has 174 valence electrons. The molecule has 1 saturated carbocycles. The van der Waals surface area contributed by atoms with Crippen LogP contribution in [-0.2, 0) is 12.1 Å². The van der Waals surface area contributed by atoms with Gasteiger partial charge in [0.1, 0.15) is 5.58 Å². The van der Waals surface area contributed by atoms with Gasteiger partial charge in [0.05, 0.1) is 28.4 Å². The van der Waals surface area contributed by atoms with E-state index in [0.717, 1.165) is 45.8 Å². The number of aromatic nitrogens is 1. The standard InChI is InChI=1S/C28H21ClN2O4/c29-21-7-1-17(2-8-21)16-31-13-9-22-24(31)23(15-19-10-14-35-25(19)22)26(32)30-28(11-12-28)20-5-3-18(4-6-20)27(33)34/h1-10,13-15H,11-12,16H2,(H,30,32)(H,33,34). The van der Waals surface area contributed by atoms with Crippen molar-refractivity contribution in [2.45, 2.75) is 24.9 Å². The second-order valence-electron chi connectivity index (χ2n) is 9.01. The molecular formula is C28H21ClN2O4. The first-order chi connectivity index (χ1) is 16.9. The van der Waals surface area contributed by atoms with Crippen LogP contribution in [0.1, 0.15) is 44.7 Å². The van der Waals surface area contributed by atoms with E-state index < -0.39 is 11.5 Å². The van der Waals surface area contributed by atoms with Crippen LogP contribution < -0.4 is 5.32 Å². The van der Waals surface area contributed by atoms with E-state index in [2.05, 4.69) is 9.88 Å². The number of hydrogen-bond acceptors (Lipinski definition) is 3. The Hall–Kier alpha value is -4.03. The number of nitrogens with zero attached hydrogens (tertiary/aromatic N) is 1. The lowest BCUT2D eigenvalue weighted by molar-refractivity contribution is 0.0696. The maximum absolute atomic E-state index is 13.7. The zero-order valence-corrected chi connectivity index (χ0v) is 19.4. The highest BCUT2D eigenvalue weighted by atomic mass is 35.5. The van der Waals surface area contributed by atoms with E-state index in [4.69, 9.17) is 16.0 Å². The number of carboxylic acid groups (broad SMARTS) is 1. The quantitative estimate of drug-likeness (QED) is 0.300. The van der Waals surface area contributed by atoms with Crippen LogP contribution in [0.4, 0.5) is 0 Å². The van der Waals surface area contributed by atoms with Crippen molar-refractivity contribution < 1.29 is 19.1 Å². The van der Waals surface area contributed by atoms with Gasteiger partial charge in [0.2, 0.25) is 0 Å². The first-order valence-corrected chi connectivity index (χ1v) is 11.7. The van der Waals surface area contributed by atoms with Gasteiger partial charge >= 0.3 is 5.97 Å². The molecule has 2 N–H and O–H groups in total. The van der Waals surface area contributed by atoms with Gasteiger partial charge < -0.3 is 19.4 Å². The molecule has 1 fully saturated rings. The molecule has 0 bridgehead atoms. The van der Waals surface area contributed by atoms with Gasteiger partial charge in [-0.15, -0.1) is 0 Å². The van der Waals surface area contributed by atoms with E-state index in [0.29, 0.717) is 17.1 Å². The summed E-state index contributed by atoms with van der Waals surface area (Å²) in [5.74, 6) is -1.14. The summed E-state index contributed by atoms with van der Waals surface area (Å²) in [5, 5.41) is 14.9. The fourth-order valence-corrected chi connectivity index (χ4v) is 4.88. The average Bonchev–Trinajstić information content (AvgIpc) is 3.28. The summed E-state index contributed by atoms with van der Waals surface area (Å²) in [4.78, 5) is 24.9. The zero-order valence-electron chi connectivity index (χ0n) is 18.6. The van der Waals surface area contributed by atoms with Crippen molar-refractivity contribution in [2.75, 3.05) is 0 Å². The number of hydrogen-bond donors (Lipinski definition) is 2. The minimum atomic E-state index is -0.970. The molecule has 5 aromatic rings. The highest BCUT2D eigenvalue weighted by Gasteiger charge is 2.46. The number of nitrogens with one attached hydrogen (secondary N) is 1. The van der Waals surface area contributed by atoms with E-state index in [1.807, 2.05) is 48.7 Å². The van der Waals surface area contributed by atoms with Crippen LogP contribution >= 0.6 is 11.6 Å². The second kappa shape index (κ2) is 8.03. The van der Waals surface area contributed by atoms with Crippen molar-refractivity contribution in [3.8, 4) is 0 Å². The predicted octanol–water partition coefficient (Wildman–Crippen LogP) is 6.21. The number of halogens is 1. The maximum atomic E-state index is 13.7. The summed E-state index contributed by atoms with van der Waals surface area (Å²) in [5.41, 5.74) is 3.83. The Kier molecular flexibility index (Phi) is 4.93. The summed E-state index contributed by atoms with van der Waals surface area (Å²) >= 11 is 6.05. The van der Waals surface area contributed by atoms with Crippen LogP contribution in [0.15, 0.2) is 83.6 Å². The minimum Gasteiger partial charge on any atom is -0.478 e. The van der Waals surface area contributed by atoms with Crippen molar-refractivity contribution >= 4 is 45.3 Å². The highest BCUT2D eigenvalue weighted by Crippen LogP contribution is 2.46. The molecule has 0 radical (unpaired) electrons. The van der Waals surface area contributed by atoms with E-state index in [1.54, 1.807) is 30.5 Å². The van der Waals surface area contributed by atoms with E-state index in [9.17, 15) is 14.7 Å². The summed E-state index contributed by atoms with van der Waals surface area (Å²) in [6.07, 6.45) is 5.20. The summed E-state index contributed by atoms with van der Waals surface area (Å²) < 4.78 is 7.80. The monoisotopic (exact) mass is 484 g/mol. The molecule has 0 aliphatic heterocycles. The summed E-state index contributed by atoms with van der Waals surface area (Å²) in [6, 6.07) is 20.1. The van der Waals surface area contributed by atoms with Crippen LogP contribution in [0, 0.1) is 0 Å². The zero-order chi connectivity index (χ0) is 24.2. The third-order valence-electron chi connectivity index (χ3n) is 6.76. The molecule has 0 unspecified atom stereocenters. The Morgan fingerprint density at radius 3 is 2.46 bits per heavy atom. The van der Waals surface area contributed by atoms with E-state index in [1.165, 1.54) is 0 Å². The number of carbonyl (C=O) groups excluding carboxylic acids is 1. The molecule has 2 aromatic heterocycles. The molecule has 0 saturated heterocycles. The highest BCUT2D eigenvalue weighted by molar-refractivity contribution is 6.30. The van der Waals surface area contributed by atoms with Crippen LogP contribution in [0.5, 0.6) is 0 Å². The van der Waals surface area contributed by atoms with Gasteiger partial charge in [-0.1, -0.05) is 35.9 Å². The topological polar surface area (TPSA) is 84.5 Å². The van der Waals surface area contributed by atoms with Crippen molar-refractivity contribution in [1.29, 1.82) is 0 Å². The van der Waals surface area contributed by atoms with Gasteiger partial charge in [0.15, 0.2) is 0 Å². The molecule has 35 heavy (non-hydrogen) atoms. The molecule has 0 atom stereocenters. The van der Waals surface area contributed by atoms with Crippen molar-refractivity contribution in [2.24, 2.45) is 0 Å². The number of carbonyl (C=O) groups is 2. The Labute approximate surface area is 205 Å². The van der Waals surface area contributed by atoms with E-state index in [-0.39, 0.29) is 11.5 Å². The van der Waals surface area contributed by atoms with Crippen LogP contribution in [0.25, 0.3) is 21.9 Å². The lowest BCUT2D eigenvalue weighted by Gasteiger charge is -2.19. The van der Waals surface area contributed by atoms with Crippen molar-refractivity contribution in [3.05, 3.63) is 106 Å². The Balaban J connectivity index is 1.39. The van der Waals surface area contributed by atoms with Gasteiger partial charge in [-0.2, -0.15) is 0 Å². The lowest BCUT2D eigenvalue weighted by atomic mass is 10.0. The molecule has 1 aliphatic carbocycles. The molecule has 7 heteroatoms. The number of fused-ring (bicyclic) bond motifs is 3. The smallest absolute Gasteiger partial charge is 0.335 e. The van der Waals surface area contributed by atoms with Crippen molar-refractivity contribution in [3.63, 3.8) is 0 Å². The molecule has 0 spiro atoms. The van der Waals surface area contributed by atoms with Gasteiger partial charge in [0, 0.05) is 28.5 Å². The van der Waals surface area contributed by atoms with Gasteiger partial charge in [-0.3, -0.25) is 4.79 Å². The molecule has 1 amide bonds. The fourth-order valence-electron chi connectivity index (χ4n) is 4.75. The predicted molar refractivity (Wildman–Crippen MR) is 134 cm³/mol. The number of aromatic carboxylic acids is 1. The number of benzene rings is 3. The molecule has 6 rings (SSSR count). The Bertz CT molecular complexity index is 1590. The molecular weight excluding hydrogens is 464 g/mol. The summed E-state index contributed by atoms with van der Waals surface area (Å²) in [7, 11) is 0. The van der Waals surface area contributed by atoms with Crippen LogP contribution in [-0.4, -0.2) is 21.6 Å². The fraction of sp³-hybridized carbons (Fsp3) is 0.143. The van der Waals surface area contributed by atoms with Gasteiger partial charge in [-0.05, 0) is 66.4 Å². The summed E-state index contributed by atoms with van der Waals surface area (Å²) in [6.45, 7) is 0.578. The Morgan fingerprint density at radius 1 is 1.03 bits per heavy atom. The molecule has 2 heterocycles. The largest absolute Gasteiger partial charge is 0.478 e. The Morgan fingerprint density at radius 2 is 1.77 bits per heavy atom. The third-order valence-corrected chi connectivity index (χ3v) is 7.01. The van der Waals surface area contributed by atoms with Gasteiger partial charge in [0.25, 0.3) is 5.91 Å². The SMILES string of the molecule is O=C(O)c1ccc(C2(NC(=O)c3cc4ccoc4c4ccn(Cc5ccc(Cl)cc5)c34)CC2)cc1. The molecule has 1 aliphatic rings. The molecule has 3 aromatic carbocycles. The van der Waals surface area contributed by atoms with E-state index >= 15 is 0 Å². The maximum Gasteiger partial charge on any atom is 0.335 e. The number of furan rings is 1. The van der Waals surface area contributed by atoms with Crippen LogP contribution in [0.3, 0.4) is 0 Å². The average molecular weight is 485 g/mol. The number of rotatable bonds is 6. The number of amides is 1. The molecule has 6 nitrogen and oxygen atoms in total.